The molecule has 0 radical (unpaired) electrons. The summed E-state index contributed by atoms with van der Waals surface area (Å²) >= 11 is 5.77. The Morgan fingerprint density at radius 1 is 1.32 bits per heavy atom. The summed E-state index contributed by atoms with van der Waals surface area (Å²) in [5.74, 6) is 0.283. The Morgan fingerprint density at radius 2 is 2.11 bits per heavy atom. The quantitative estimate of drug-likeness (QED) is 0.875. The lowest BCUT2D eigenvalue weighted by Crippen LogP contribution is -2.13. The lowest BCUT2D eigenvalue weighted by atomic mass is 10.1. The Labute approximate surface area is 116 Å². The smallest absolute Gasteiger partial charge is 0.259 e. The number of benzene rings is 1. The van der Waals surface area contributed by atoms with Gasteiger partial charge in [0.2, 0.25) is 0 Å². The first-order chi connectivity index (χ1) is 9.10. The van der Waals surface area contributed by atoms with E-state index in [-0.39, 0.29) is 5.91 Å². The fourth-order valence-electron chi connectivity index (χ4n) is 1.68. The summed E-state index contributed by atoms with van der Waals surface area (Å²) < 4.78 is 5.18. The monoisotopic (exact) mass is 276 g/mol. The second kappa shape index (κ2) is 5.71. The van der Waals surface area contributed by atoms with E-state index in [9.17, 15) is 4.79 Å². The van der Waals surface area contributed by atoms with Crippen molar-refractivity contribution in [2.45, 2.75) is 6.92 Å². The summed E-state index contributed by atoms with van der Waals surface area (Å²) in [6.07, 6.45) is 1.53. The third-order valence-electron chi connectivity index (χ3n) is 2.58. The zero-order valence-electron chi connectivity index (χ0n) is 10.6. The average molecular weight is 277 g/mol. The minimum atomic E-state index is -0.247. The number of hydrogen-bond donors (Lipinski definition) is 1. The van der Waals surface area contributed by atoms with Crippen LogP contribution < -0.4 is 10.1 Å². The molecule has 0 atom stereocenters. The van der Waals surface area contributed by atoms with Crippen LogP contribution in [0.2, 0.25) is 5.15 Å². The zero-order chi connectivity index (χ0) is 13.8. The Kier molecular flexibility index (Phi) is 4.02. The van der Waals surface area contributed by atoms with Gasteiger partial charge in [-0.3, -0.25) is 4.79 Å². The first kappa shape index (κ1) is 13.4. The van der Waals surface area contributed by atoms with Gasteiger partial charge in [-0.05, 0) is 31.2 Å². The van der Waals surface area contributed by atoms with E-state index in [1.807, 2.05) is 13.0 Å². The lowest BCUT2D eigenvalue weighted by molar-refractivity contribution is 0.102. The third kappa shape index (κ3) is 3.23. The van der Waals surface area contributed by atoms with Gasteiger partial charge in [0, 0.05) is 11.9 Å². The first-order valence-corrected chi connectivity index (χ1v) is 6.05. The van der Waals surface area contributed by atoms with Gasteiger partial charge in [0.25, 0.3) is 5.91 Å². The molecule has 1 aromatic heterocycles. The third-order valence-corrected chi connectivity index (χ3v) is 2.79. The second-order valence-electron chi connectivity index (χ2n) is 4.03. The van der Waals surface area contributed by atoms with E-state index in [0.29, 0.717) is 22.2 Å². The van der Waals surface area contributed by atoms with Gasteiger partial charge < -0.3 is 10.1 Å². The number of hydrogen-bond acceptors (Lipinski definition) is 3. The largest absolute Gasteiger partial charge is 0.496 e. The molecule has 0 fully saturated rings. The SMILES string of the molecule is COc1ccc(C)cc1C(=O)Nc1ccnc(Cl)c1. The predicted molar refractivity (Wildman–Crippen MR) is 74.9 cm³/mol. The molecular weight excluding hydrogens is 264 g/mol. The van der Waals surface area contributed by atoms with Gasteiger partial charge in [-0.25, -0.2) is 4.98 Å². The van der Waals surface area contributed by atoms with Crippen LogP contribution in [0.4, 0.5) is 5.69 Å². The molecule has 5 heteroatoms. The molecule has 0 saturated heterocycles. The molecule has 0 unspecified atom stereocenters. The maximum atomic E-state index is 12.2. The molecule has 2 aromatic rings. The number of amides is 1. The number of aryl methyl sites for hydroxylation is 1. The summed E-state index contributed by atoms with van der Waals surface area (Å²) in [7, 11) is 1.53. The van der Waals surface area contributed by atoms with Crippen LogP contribution in [-0.4, -0.2) is 18.0 Å². The first-order valence-electron chi connectivity index (χ1n) is 5.67. The van der Waals surface area contributed by atoms with Gasteiger partial charge in [0.05, 0.1) is 12.7 Å². The fourth-order valence-corrected chi connectivity index (χ4v) is 1.85. The number of carbonyl (C=O) groups is 1. The van der Waals surface area contributed by atoms with Crippen LogP contribution in [0, 0.1) is 6.92 Å². The lowest BCUT2D eigenvalue weighted by Gasteiger charge is -2.10. The summed E-state index contributed by atoms with van der Waals surface area (Å²) in [6.45, 7) is 1.92. The number of pyridine rings is 1. The molecule has 1 amide bonds. The van der Waals surface area contributed by atoms with Crippen molar-refractivity contribution < 1.29 is 9.53 Å². The number of carbonyl (C=O) groups excluding carboxylic acids is 1. The van der Waals surface area contributed by atoms with E-state index in [0.717, 1.165) is 5.56 Å². The van der Waals surface area contributed by atoms with Gasteiger partial charge in [-0.2, -0.15) is 0 Å². The average Bonchev–Trinajstić information content (AvgIpc) is 2.38. The number of methoxy groups -OCH3 is 1. The molecule has 0 saturated carbocycles. The molecule has 0 aliphatic heterocycles. The highest BCUT2D eigenvalue weighted by atomic mass is 35.5. The maximum Gasteiger partial charge on any atom is 0.259 e. The molecule has 0 spiro atoms. The number of rotatable bonds is 3. The van der Waals surface area contributed by atoms with Gasteiger partial charge in [0.1, 0.15) is 10.9 Å². The Bertz CT molecular complexity index is 614. The van der Waals surface area contributed by atoms with E-state index in [4.69, 9.17) is 16.3 Å². The molecule has 1 N–H and O–H groups in total. The topological polar surface area (TPSA) is 51.2 Å². The molecule has 0 bridgehead atoms. The highest BCUT2D eigenvalue weighted by Gasteiger charge is 2.12. The molecule has 0 aliphatic carbocycles. The number of halogens is 1. The van der Waals surface area contributed by atoms with Crippen LogP contribution >= 0.6 is 11.6 Å². The minimum absolute atomic E-state index is 0.247. The van der Waals surface area contributed by atoms with Crippen molar-refractivity contribution in [1.29, 1.82) is 0 Å². The molecule has 0 aliphatic rings. The number of ether oxygens (including phenoxy) is 1. The highest BCUT2D eigenvalue weighted by Crippen LogP contribution is 2.21. The van der Waals surface area contributed by atoms with Crippen LogP contribution in [0.5, 0.6) is 5.75 Å². The van der Waals surface area contributed by atoms with E-state index in [2.05, 4.69) is 10.3 Å². The summed E-state index contributed by atoms with van der Waals surface area (Å²) in [5.41, 5.74) is 2.06. The van der Waals surface area contributed by atoms with Gasteiger partial charge >= 0.3 is 0 Å². The van der Waals surface area contributed by atoms with E-state index in [1.54, 1.807) is 24.3 Å². The Balaban J connectivity index is 2.27. The highest BCUT2D eigenvalue weighted by molar-refractivity contribution is 6.29. The van der Waals surface area contributed by atoms with Gasteiger partial charge in [-0.1, -0.05) is 23.2 Å². The van der Waals surface area contributed by atoms with Crippen molar-refractivity contribution >= 4 is 23.2 Å². The number of nitrogens with one attached hydrogen (secondary N) is 1. The summed E-state index contributed by atoms with van der Waals surface area (Å²) in [4.78, 5) is 16.1. The number of nitrogens with zero attached hydrogens (tertiary/aromatic N) is 1. The molecule has 98 valence electrons. The van der Waals surface area contributed by atoms with Crippen LogP contribution in [0.1, 0.15) is 15.9 Å². The van der Waals surface area contributed by atoms with Crippen molar-refractivity contribution in [3.63, 3.8) is 0 Å². The molecular formula is C14H13ClN2O2. The molecule has 4 nitrogen and oxygen atoms in total. The fraction of sp³-hybridized carbons (Fsp3) is 0.143. The normalized spacial score (nSPS) is 10.1. The van der Waals surface area contributed by atoms with Crippen molar-refractivity contribution in [3.05, 3.63) is 52.8 Å². The van der Waals surface area contributed by atoms with Crippen molar-refractivity contribution in [2.24, 2.45) is 0 Å². The van der Waals surface area contributed by atoms with Crippen molar-refractivity contribution in [3.8, 4) is 5.75 Å². The van der Waals surface area contributed by atoms with Crippen molar-refractivity contribution in [2.75, 3.05) is 12.4 Å². The predicted octanol–water partition coefficient (Wildman–Crippen LogP) is 3.30. The second-order valence-corrected chi connectivity index (χ2v) is 4.41. The summed E-state index contributed by atoms with van der Waals surface area (Å²) in [5, 5.41) is 3.09. The van der Waals surface area contributed by atoms with Crippen LogP contribution in [0.25, 0.3) is 0 Å². The van der Waals surface area contributed by atoms with Crippen molar-refractivity contribution in [1.82, 2.24) is 4.98 Å². The van der Waals surface area contributed by atoms with Crippen LogP contribution in [0.15, 0.2) is 36.5 Å². The number of anilines is 1. The minimum Gasteiger partial charge on any atom is -0.496 e. The Morgan fingerprint density at radius 3 is 2.79 bits per heavy atom. The van der Waals surface area contributed by atoms with E-state index in [1.165, 1.54) is 13.3 Å². The van der Waals surface area contributed by atoms with E-state index < -0.39 is 0 Å². The zero-order valence-corrected chi connectivity index (χ0v) is 11.4. The van der Waals surface area contributed by atoms with Gasteiger partial charge in [-0.15, -0.1) is 0 Å². The number of aromatic nitrogens is 1. The van der Waals surface area contributed by atoms with Crippen LogP contribution in [0.3, 0.4) is 0 Å². The Hall–Kier alpha value is -2.07. The van der Waals surface area contributed by atoms with Gasteiger partial charge in [0.15, 0.2) is 0 Å². The van der Waals surface area contributed by atoms with E-state index >= 15 is 0 Å². The molecule has 2 rings (SSSR count). The molecule has 1 aromatic carbocycles. The maximum absolute atomic E-state index is 12.2. The molecule has 19 heavy (non-hydrogen) atoms. The molecule has 1 heterocycles. The van der Waals surface area contributed by atoms with Crippen LogP contribution in [-0.2, 0) is 0 Å². The standard InChI is InChI=1S/C14H13ClN2O2/c1-9-3-4-12(19-2)11(7-9)14(18)17-10-5-6-16-13(15)8-10/h3-8H,1-2H3,(H,16,17,18). The summed E-state index contributed by atoms with van der Waals surface area (Å²) in [6, 6.07) is 8.69.